The summed E-state index contributed by atoms with van der Waals surface area (Å²) < 4.78 is 47.3. The first-order valence-corrected chi connectivity index (χ1v) is 11.8. The molecule has 1 atom stereocenters. The molecule has 0 saturated carbocycles. The molecule has 0 aliphatic rings. The lowest BCUT2D eigenvalue weighted by Gasteiger charge is -2.15. The monoisotopic (exact) mass is 522 g/mol. The summed E-state index contributed by atoms with van der Waals surface area (Å²) in [4.78, 5) is 13.7. The maximum atomic E-state index is 12.9. The number of nitrogens with one attached hydrogen (secondary N) is 1. The number of hydrogen-bond donors (Lipinski definition) is 2. The van der Waals surface area contributed by atoms with Crippen LogP contribution in [0.5, 0.6) is 5.75 Å². The van der Waals surface area contributed by atoms with E-state index in [-0.39, 0.29) is 17.4 Å². The highest BCUT2D eigenvalue weighted by atomic mass is 19.4. The zero-order valence-electron chi connectivity index (χ0n) is 20.2. The minimum Gasteiger partial charge on any atom is -0.508 e. The summed E-state index contributed by atoms with van der Waals surface area (Å²) in [6.07, 6.45) is 0.818. The molecule has 0 bridgehead atoms. The van der Waals surface area contributed by atoms with Gasteiger partial charge in [0.15, 0.2) is 5.82 Å². The third kappa shape index (κ3) is 7.49. The van der Waals surface area contributed by atoms with Gasteiger partial charge in [0.25, 0.3) is 0 Å². The number of allylic oxidation sites excluding steroid dienone is 1. The van der Waals surface area contributed by atoms with Crippen molar-refractivity contribution in [3.05, 3.63) is 118 Å². The molecule has 0 saturated heterocycles. The van der Waals surface area contributed by atoms with Crippen LogP contribution in [0, 0.1) is 5.92 Å². The van der Waals surface area contributed by atoms with Gasteiger partial charge in [0.1, 0.15) is 11.5 Å². The van der Waals surface area contributed by atoms with Crippen molar-refractivity contribution in [3.8, 4) is 17.1 Å². The number of aliphatic hydroxyl groups excluding tert-OH is 1. The lowest BCUT2D eigenvalue weighted by Crippen LogP contribution is -2.17. The topological polar surface area (TPSA) is 88.3 Å². The molecule has 4 rings (SSSR count). The number of rotatable bonds is 10. The van der Waals surface area contributed by atoms with Gasteiger partial charge in [0.05, 0.1) is 0 Å². The van der Waals surface area contributed by atoms with Gasteiger partial charge in [-0.1, -0.05) is 90.6 Å². The third-order valence-electron chi connectivity index (χ3n) is 5.95. The predicted octanol–water partition coefficient (Wildman–Crippen LogP) is 6.96. The third-order valence-corrected chi connectivity index (χ3v) is 5.95. The Morgan fingerprint density at radius 2 is 1.74 bits per heavy atom. The van der Waals surface area contributed by atoms with Crippen molar-refractivity contribution >= 4 is 11.8 Å². The quantitative estimate of drug-likeness (QED) is 0.220. The van der Waals surface area contributed by atoms with E-state index in [1.807, 2.05) is 42.5 Å². The van der Waals surface area contributed by atoms with Crippen molar-refractivity contribution < 1.29 is 27.5 Å². The van der Waals surface area contributed by atoms with Crippen LogP contribution in [0.3, 0.4) is 0 Å². The van der Waals surface area contributed by atoms with Crippen LogP contribution in [0.25, 0.3) is 23.2 Å². The van der Waals surface area contributed by atoms with E-state index in [0.29, 0.717) is 35.4 Å². The van der Waals surface area contributed by atoms with Gasteiger partial charge in [0.2, 0.25) is 0 Å². The molecule has 6 nitrogen and oxygen atoms in total. The largest absolute Gasteiger partial charge is 0.573 e. The van der Waals surface area contributed by atoms with Gasteiger partial charge in [-0.3, -0.25) is 9.51 Å². The summed E-state index contributed by atoms with van der Waals surface area (Å²) >= 11 is 0. The first-order chi connectivity index (χ1) is 18.2. The Labute approximate surface area is 216 Å². The van der Waals surface area contributed by atoms with Crippen LogP contribution in [-0.4, -0.2) is 21.6 Å². The fourth-order valence-electron chi connectivity index (χ4n) is 4.01. The number of benzene rings is 3. The summed E-state index contributed by atoms with van der Waals surface area (Å²) in [6.45, 7) is 3.52. The Kier molecular flexibility index (Phi) is 8.15. The number of aryl methyl sites for hydroxylation is 1. The van der Waals surface area contributed by atoms with Gasteiger partial charge in [-0.05, 0) is 42.4 Å². The van der Waals surface area contributed by atoms with E-state index in [1.165, 1.54) is 12.1 Å². The number of nitrogens with zero attached hydrogens (tertiary/aromatic N) is 1. The van der Waals surface area contributed by atoms with E-state index in [0.717, 1.165) is 17.5 Å². The van der Waals surface area contributed by atoms with Crippen molar-refractivity contribution in [3.63, 3.8) is 0 Å². The Morgan fingerprint density at radius 3 is 2.37 bits per heavy atom. The molecule has 1 heterocycles. The average Bonchev–Trinajstić information content (AvgIpc) is 3.32. The van der Waals surface area contributed by atoms with Gasteiger partial charge in [-0.25, -0.2) is 4.79 Å². The van der Waals surface area contributed by atoms with E-state index in [2.05, 4.69) is 26.0 Å². The van der Waals surface area contributed by atoms with Crippen LogP contribution >= 0.6 is 0 Å². The minimum atomic E-state index is -4.79. The maximum absolute atomic E-state index is 12.9. The van der Waals surface area contributed by atoms with Crippen LogP contribution < -0.4 is 10.5 Å². The SMILES string of the molecule is C=C(O)c1ccc(CCC(/C=C/c2ccccc2OC(F)(F)F)Cc2ccc(-c3noc(=O)[nH]3)cc2)cc1. The summed E-state index contributed by atoms with van der Waals surface area (Å²) in [5, 5.41) is 13.2. The molecule has 0 radical (unpaired) electrons. The van der Waals surface area contributed by atoms with Crippen molar-refractivity contribution in [2.45, 2.75) is 25.6 Å². The van der Waals surface area contributed by atoms with Crippen LogP contribution in [0.2, 0.25) is 0 Å². The van der Waals surface area contributed by atoms with Crippen LogP contribution in [-0.2, 0) is 12.8 Å². The Balaban J connectivity index is 1.53. The fourth-order valence-corrected chi connectivity index (χ4v) is 4.01. The number of aromatic amines is 1. The standard InChI is InChI=1S/C29H25F3N2O4/c1-19(35)23-13-8-20(9-14-23)6-7-21(10-15-24-4-2-3-5-26(24)37-29(30,31)32)18-22-11-16-25(17-12-22)27-33-28(36)38-34-27/h2-5,8-17,21,35H,1,6-7,18H2,(H,33,34,36)/b15-10+. The number of aromatic nitrogens is 2. The summed E-state index contributed by atoms with van der Waals surface area (Å²) in [5.41, 5.74) is 3.71. The molecule has 0 fully saturated rings. The molecule has 9 heteroatoms. The molecule has 38 heavy (non-hydrogen) atoms. The fraction of sp³-hybridized carbons (Fsp3) is 0.172. The van der Waals surface area contributed by atoms with Crippen molar-refractivity contribution in [1.29, 1.82) is 0 Å². The van der Waals surface area contributed by atoms with Crippen LogP contribution in [0.15, 0.2) is 94.8 Å². The first-order valence-electron chi connectivity index (χ1n) is 11.8. The first kappa shape index (κ1) is 26.5. The number of halogens is 3. The molecular formula is C29H25F3N2O4. The van der Waals surface area contributed by atoms with Gasteiger partial charge < -0.3 is 9.84 Å². The molecule has 1 aromatic heterocycles. The van der Waals surface area contributed by atoms with Crippen molar-refractivity contribution in [1.82, 2.24) is 10.1 Å². The Hall–Kier alpha value is -4.53. The van der Waals surface area contributed by atoms with Gasteiger partial charge >= 0.3 is 12.1 Å². The summed E-state index contributed by atoms with van der Waals surface area (Å²) in [6, 6.07) is 20.9. The van der Waals surface area contributed by atoms with E-state index in [1.54, 1.807) is 30.3 Å². The van der Waals surface area contributed by atoms with Crippen LogP contribution in [0.4, 0.5) is 13.2 Å². The highest BCUT2D eigenvalue weighted by Gasteiger charge is 2.31. The van der Waals surface area contributed by atoms with E-state index >= 15 is 0 Å². The predicted molar refractivity (Wildman–Crippen MR) is 138 cm³/mol. The lowest BCUT2D eigenvalue weighted by atomic mass is 9.91. The highest BCUT2D eigenvalue weighted by Crippen LogP contribution is 2.28. The molecule has 3 aromatic carbocycles. The molecule has 1 unspecified atom stereocenters. The Bertz CT molecular complexity index is 1450. The second kappa shape index (κ2) is 11.7. The average molecular weight is 523 g/mol. The normalized spacial score (nSPS) is 12.5. The number of hydrogen-bond acceptors (Lipinski definition) is 5. The molecule has 0 amide bonds. The van der Waals surface area contributed by atoms with Crippen molar-refractivity contribution in [2.75, 3.05) is 0 Å². The molecular weight excluding hydrogens is 497 g/mol. The number of alkyl halides is 3. The summed E-state index contributed by atoms with van der Waals surface area (Å²) in [7, 11) is 0. The molecule has 0 aliphatic heterocycles. The van der Waals surface area contributed by atoms with Crippen molar-refractivity contribution in [2.24, 2.45) is 5.92 Å². The maximum Gasteiger partial charge on any atom is 0.573 e. The number of aliphatic hydroxyl groups is 1. The number of ether oxygens (including phenoxy) is 1. The second-order valence-corrected chi connectivity index (χ2v) is 8.73. The van der Waals surface area contributed by atoms with E-state index in [9.17, 15) is 23.1 Å². The number of para-hydroxylation sites is 1. The summed E-state index contributed by atoms with van der Waals surface area (Å²) in [5.74, 6) is -0.594. The molecule has 4 aromatic rings. The molecule has 2 N–H and O–H groups in total. The van der Waals surface area contributed by atoms with Crippen LogP contribution in [0.1, 0.15) is 28.7 Å². The highest BCUT2D eigenvalue weighted by molar-refractivity contribution is 5.58. The minimum absolute atomic E-state index is 0.00440. The molecule has 0 spiro atoms. The van der Waals surface area contributed by atoms with Gasteiger partial charge in [-0.15, -0.1) is 13.2 Å². The zero-order valence-corrected chi connectivity index (χ0v) is 20.2. The zero-order chi connectivity index (χ0) is 27.1. The Morgan fingerprint density at radius 1 is 1.05 bits per heavy atom. The lowest BCUT2D eigenvalue weighted by molar-refractivity contribution is -0.274. The van der Waals surface area contributed by atoms with Gasteiger partial charge in [-0.2, -0.15) is 0 Å². The van der Waals surface area contributed by atoms with E-state index < -0.39 is 12.1 Å². The number of H-pyrrole nitrogens is 1. The molecule has 196 valence electrons. The van der Waals surface area contributed by atoms with E-state index in [4.69, 9.17) is 0 Å². The van der Waals surface area contributed by atoms with Gasteiger partial charge in [0, 0.05) is 16.7 Å². The molecule has 0 aliphatic carbocycles. The second-order valence-electron chi connectivity index (χ2n) is 8.73. The smallest absolute Gasteiger partial charge is 0.508 e.